The lowest BCUT2D eigenvalue weighted by atomic mass is 10.3. The summed E-state index contributed by atoms with van der Waals surface area (Å²) in [6.45, 7) is 7.06. The maximum atomic E-state index is 13.6. The second-order valence-electron chi connectivity index (χ2n) is 8.03. The third kappa shape index (κ3) is 6.43. The SMILES string of the molecule is CC(C)OC(=O)[C@H](C)N[P@](=O)(CO[C@H](C)Cn1cnc2c(=N)n(O)cnc21)Oc1ccccc1. The van der Waals surface area contributed by atoms with Crippen LogP contribution in [0.5, 0.6) is 5.75 Å². The molecule has 0 unspecified atom stereocenters. The molecule has 3 rings (SSSR count). The Labute approximate surface area is 196 Å². The fraction of sp³-hybridized carbons (Fsp3) is 0.429. The molecular formula is C21H29N6O6P. The van der Waals surface area contributed by atoms with Gasteiger partial charge in [-0.3, -0.25) is 14.8 Å². The Kier molecular flexibility index (Phi) is 8.08. The van der Waals surface area contributed by atoms with E-state index in [2.05, 4.69) is 15.1 Å². The fourth-order valence-electron chi connectivity index (χ4n) is 3.07. The molecule has 3 aromatic rings. The zero-order valence-corrected chi connectivity index (χ0v) is 20.3. The quantitative estimate of drug-likeness (QED) is 0.208. The van der Waals surface area contributed by atoms with Gasteiger partial charge in [-0.05, 0) is 39.8 Å². The highest BCUT2D eigenvalue weighted by atomic mass is 31.2. The van der Waals surface area contributed by atoms with Crippen LogP contribution in [0, 0.1) is 5.41 Å². The molecule has 0 aliphatic heterocycles. The van der Waals surface area contributed by atoms with Crippen molar-refractivity contribution in [3.05, 3.63) is 48.5 Å². The van der Waals surface area contributed by atoms with E-state index in [9.17, 15) is 14.6 Å². The minimum absolute atomic E-state index is 0.190. The number of fused-ring (bicyclic) bond motifs is 1. The number of nitrogens with one attached hydrogen (secondary N) is 2. The molecule has 1 aromatic carbocycles. The fourth-order valence-corrected chi connectivity index (χ4v) is 4.85. The molecule has 3 atom stereocenters. The van der Waals surface area contributed by atoms with E-state index in [-0.39, 0.29) is 30.0 Å². The number of benzene rings is 1. The maximum absolute atomic E-state index is 13.6. The highest BCUT2D eigenvalue weighted by Crippen LogP contribution is 2.44. The molecule has 2 aromatic heterocycles. The Bertz CT molecular complexity index is 1230. The van der Waals surface area contributed by atoms with Gasteiger partial charge in [-0.1, -0.05) is 18.2 Å². The van der Waals surface area contributed by atoms with E-state index in [1.165, 1.54) is 6.33 Å². The molecule has 0 spiro atoms. The third-order valence-corrected chi connectivity index (χ3v) is 6.40. The Morgan fingerprint density at radius 1 is 1.18 bits per heavy atom. The van der Waals surface area contributed by atoms with E-state index in [4.69, 9.17) is 19.4 Å². The lowest BCUT2D eigenvalue weighted by Gasteiger charge is -2.25. The minimum Gasteiger partial charge on any atom is -0.462 e. The summed E-state index contributed by atoms with van der Waals surface area (Å²) in [6, 6.07) is 7.71. The first-order chi connectivity index (χ1) is 16.1. The number of esters is 1. The van der Waals surface area contributed by atoms with Crippen LogP contribution in [0.4, 0.5) is 0 Å². The summed E-state index contributed by atoms with van der Waals surface area (Å²) in [5.74, 6) is -0.188. The standard InChI is InChI=1S/C21H29N6O6P/c1-14(2)32-21(28)16(4)25-34(30,33-17-8-6-5-7-9-17)13-31-15(3)10-26-11-23-18-19(22)27(29)12-24-20(18)26/h5-9,11-12,14-16,22,29H,10,13H2,1-4H3,(H,25,30)/t15-,16+,34+/m1/s1. The molecule has 34 heavy (non-hydrogen) atoms. The summed E-state index contributed by atoms with van der Waals surface area (Å²) in [7, 11) is -3.68. The van der Waals surface area contributed by atoms with E-state index in [1.807, 2.05) is 0 Å². The highest BCUT2D eigenvalue weighted by molar-refractivity contribution is 7.57. The first kappa shape index (κ1) is 25.4. The summed E-state index contributed by atoms with van der Waals surface area (Å²) in [5, 5.41) is 20.2. The Hall–Kier alpha value is -3.21. The Balaban J connectivity index is 1.71. The zero-order chi connectivity index (χ0) is 24.9. The molecule has 13 heteroatoms. The van der Waals surface area contributed by atoms with Gasteiger partial charge in [0.15, 0.2) is 16.7 Å². The molecule has 0 saturated carbocycles. The topological polar surface area (TPSA) is 154 Å². The van der Waals surface area contributed by atoms with Gasteiger partial charge in [-0.25, -0.2) is 15.1 Å². The maximum Gasteiger partial charge on any atom is 0.342 e. The first-order valence-corrected chi connectivity index (χ1v) is 12.5. The van der Waals surface area contributed by atoms with Crippen LogP contribution in [-0.4, -0.2) is 55.0 Å². The van der Waals surface area contributed by atoms with Gasteiger partial charge in [0.25, 0.3) is 0 Å². The number of nitrogens with zero attached hydrogens (tertiary/aromatic N) is 4. The average molecular weight is 492 g/mol. The third-order valence-electron chi connectivity index (χ3n) is 4.63. The van der Waals surface area contributed by atoms with Crippen molar-refractivity contribution < 1.29 is 28.6 Å². The summed E-state index contributed by atoms with van der Waals surface area (Å²) < 4.78 is 32.6. The lowest BCUT2D eigenvalue weighted by Crippen LogP contribution is -2.37. The van der Waals surface area contributed by atoms with Crippen molar-refractivity contribution in [2.75, 3.05) is 6.35 Å². The van der Waals surface area contributed by atoms with Crippen LogP contribution in [0.1, 0.15) is 27.7 Å². The summed E-state index contributed by atoms with van der Waals surface area (Å²) >= 11 is 0. The molecule has 3 N–H and O–H groups in total. The number of imidazole rings is 1. The van der Waals surface area contributed by atoms with Crippen molar-refractivity contribution in [3.8, 4) is 5.75 Å². The van der Waals surface area contributed by atoms with Gasteiger partial charge >= 0.3 is 13.5 Å². The van der Waals surface area contributed by atoms with E-state index >= 15 is 0 Å². The van der Waals surface area contributed by atoms with Crippen molar-refractivity contribution in [1.82, 2.24) is 24.4 Å². The van der Waals surface area contributed by atoms with E-state index < -0.39 is 25.6 Å². The van der Waals surface area contributed by atoms with Crippen molar-refractivity contribution >= 4 is 24.7 Å². The van der Waals surface area contributed by atoms with E-state index in [0.29, 0.717) is 16.1 Å². The molecule has 0 fully saturated rings. The van der Waals surface area contributed by atoms with Crippen LogP contribution in [-0.2, 0) is 25.4 Å². The van der Waals surface area contributed by atoms with Gasteiger partial charge in [-0.2, -0.15) is 4.73 Å². The van der Waals surface area contributed by atoms with Crippen LogP contribution in [0.25, 0.3) is 11.2 Å². The van der Waals surface area contributed by atoms with E-state index in [0.717, 1.165) is 6.33 Å². The van der Waals surface area contributed by atoms with Crippen LogP contribution in [0.3, 0.4) is 0 Å². The number of carbonyl (C=O) groups is 1. The smallest absolute Gasteiger partial charge is 0.342 e. The predicted octanol–water partition coefficient (Wildman–Crippen LogP) is 2.51. The van der Waals surface area contributed by atoms with Gasteiger partial charge in [0.05, 0.1) is 25.1 Å². The second-order valence-corrected chi connectivity index (χ2v) is 10.1. The van der Waals surface area contributed by atoms with Gasteiger partial charge in [0.1, 0.15) is 24.5 Å². The van der Waals surface area contributed by atoms with Crippen LogP contribution in [0.15, 0.2) is 43.0 Å². The molecule has 0 bridgehead atoms. The number of hydrogen-bond acceptors (Lipinski definition) is 9. The molecular weight excluding hydrogens is 463 g/mol. The molecule has 0 aliphatic rings. The van der Waals surface area contributed by atoms with Gasteiger partial charge in [-0.15, -0.1) is 0 Å². The summed E-state index contributed by atoms with van der Waals surface area (Å²) in [6.07, 6.45) is 1.51. The number of ether oxygens (including phenoxy) is 2. The monoisotopic (exact) mass is 492 g/mol. The van der Waals surface area contributed by atoms with Crippen LogP contribution >= 0.6 is 7.52 Å². The normalized spacial score (nSPS) is 15.1. The van der Waals surface area contributed by atoms with Crippen molar-refractivity contribution in [3.63, 3.8) is 0 Å². The van der Waals surface area contributed by atoms with Gasteiger partial charge < -0.3 is 23.8 Å². The van der Waals surface area contributed by atoms with Gasteiger partial charge in [0.2, 0.25) is 0 Å². The van der Waals surface area contributed by atoms with E-state index in [1.54, 1.807) is 62.6 Å². The lowest BCUT2D eigenvalue weighted by molar-refractivity contribution is -0.149. The predicted molar refractivity (Wildman–Crippen MR) is 122 cm³/mol. The number of hydrogen-bond donors (Lipinski definition) is 3. The summed E-state index contributed by atoms with van der Waals surface area (Å²) in [5.41, 5.74) is 0.441. The van der Waals surface area contributed by atoms with Crippen molar-refractivity contribution in [1.29, 1.82) is 5.41 Å². The Morgan fingerprint density at radius 2 is 1.88 bits per heavy atom. The zero-order valence-electron chi connectivity index (χ0n) is 19.4. The molecule has 2 heterocycles. The minimum atomic E-state index is -3.68. The highest BCUT2D eigenvalue weighted by Gasteiger charge is 2.32. The number of aromatic nitrogens is 4. The largest absolute Gasteiger partial charge is 0.462 e. The van der Waals surface area contributed by atoms with Crippen molar-refractivity contribution in [2.45, 2.75) is 52.5 Å². The molecule has 0 saturated heterocycles. The van der Waals surface area contributed by atoms with Crippen LogP contribution in [0.2, 0.25) is 0 Å². The van der Waals surface area contributed by atoms with Crippen LogP contribution < -0.4 is 15.1 Å². The second kappa shape index (κ2) is 10.8. The average Bonchev–Trinajstić information content (AvgIpc) is 3.18. The number of rotatable bonds is 11. The van der Waals surface area contributed by atoms with Gasteiger partial charge in [0, 0.05) is 0 Å². The molecule has 0 aliphatic carbocycles. The number of carbonyl (C=O) groups excluding carboxylic acids is 1. The Morgan fingerprint density at radius 3 is 2.56 bits per heavy atom. The molecule has 184 valence electrons. The molecule has 12 nitrogen and oxygen atoms in total. The summed E-state index contributed by atoms with van der Waals surface area (Å²) in [4.78, 5) is 20.5. The number of para-hydroxylation sites is 1. The molecule has 0 radical (unpaired) electrons. The molecule has 0 amide bonds. The first-order valence-electron chi connectivity index (χ1n) is 10.7. The van der Waals surface area contributed by atoms with Crippen molar-refractivity contribution in [2.24, 2.45) is 0 Å².